The molecule has 48 heavy (non-hydrogen) atoms. The number of hydrogen-bond acceptors (Lipinski definition) is 12. The van der Waals surface area contributed by atoms with E-state index in [9.17, 15) is 18.3 Å². The smallest absolute Gasteiger partial charge is 0.339 e. The molecule has 0 aliphatic carbocycles. The molecule has 0 saturated heterocycles. The van der Waals surface area contributed by atoms with Crippen LogP contribution in [0, 0.1) is 0 Å². The van der Waals surface area contributed by atoms with Gasteiger partial charge in [-0.25, -0.2) is 4.79 Å². The summed E-state index contributed by atoms with van der Waals surface area (Å²) < 4.78 is 31.5. The van der Waals surface area contributed by atoms with Gasteiger partial charge in [-0.2, -0.15) is 28.9 Å². The Hall–Kier alpha value is -4.32. The van der Waals surface area contributed by atoms with Crippen LogP contribution in [0.25, 0.3) is 11.1 Å². The average Bonchev–Trinajstić information content (AvgIpc) is 3.03. The summed E-state index contributed by atoms with van der Waals surface area (Å²) in [6, 6.07) is 26.6. The maximum Gasteiger partial charge on any atom is 0.339 e. The molecule has 5 aromatic rings. The largest absolute Gasteiger partial charge is 0.507 e. The molecule has 14 nitrogen and oxygen atoms in total. The molecule has 232 valence electrons. The quantitative estimate of drug-likeness (QED) is 0.0446. The third-order valence-electron chi connectivity index (χ3n) is 6.42. The van der Waals surface area contributed by atoms with Gasteiger partial charge in [0.25, 0.3) is 10.1 Å². The number of benzene rings is 5. The van der Waals surface area contributed by atoms with Gasteiger partial charge in [-0.05, 0) is 90.0 Å². The fourth-order valence-electron chi connectivity index (χ4n) is 4.01. The third kappa shape index (κ3) is 9.85. The summed E-state index contributed by atoms with van der Waals surface area (Å²) in [4.78, 5) is 10.9. The van der Waals surface area contributed by atoms with Crippen molar-refractivity contribution in [3.63, 3.8) is 0 Å². The van der Waals surface area contributed by atoms with Crippen LogP contribution in [0.4, 0.5) is 45.5 Å². The van der Waals surface area contributed by atoms with E-state index in [1.54, 1.807) is 24.3 Å². The van der Waals surface area contributed by atoms with Crippen LogP contribution in [0.3, 0.4) is 0 Å². The molecule has 0 amide bonds. The number of carboxylic acid groups (broad SMARTS) is 1. The van der Waals surface area contributed by atoms with Gasteiger partial charge in [0.1, 0.15) is 22.7 Å². The van der Waals surface area contributed by atoms with Gasteiger partial charge in [0, 0.05) is 59.1 Å². The standard InChI is InChI=1S/C31H24N8O6S.2Na/c32-26-16-27(33)29(39-36-22-9-12-24(13-10-22)46(43,44)45)17-28(26)38-35-21-7-3-19(4-8-21)18-1-5-20(6-2-18)34-37-23-11-14-30(40)25(15-23)31(41)42;;/h1-17,40H,32-33H2,(H,41,42)(H,43,44,45);;. The number of nitrogens with two attached hydrogens (primary N) is 2. The number of aromatic carboxylic acids is 1. The molecule has 0 aromatic heterocycles. The summed E-state index contributed by atoms with van der Waals surface area (Å²) in [6.07, 6.45) is 0. The van der Waals surface area contributed by atoms with Crippen molar-refractivity contribution in [2.24, 2.45) is 30.7 Å². The van der Waals surface area contributed by atoms with Crippen LogP contribution in [0.1, 0.15) is 10.4 Å². The molecule has 0 saturated carbocycles. The van der Waals surface area contributed by atoms with Gasteiger partial charge < -0.3 is 21.7 Å². The summed E-state index contributed by atoms with van der Waals surface area (Å²) in [5.74, 6) is -1.61. The zero-order chi connectivity index (χ0) is 32.8. The molecule has 7 N–H and O–H groups in total. The second-order valence-electron chi connectivity index (χ2n) is 9.64. The van der Waals surface area contributed by atoms with E-state index in [-0.39, 0.29) is 98.1 Å². The Morgan fingerprint density at radius 2 is 0.958 bits per heavy atom. The summed E-state index contributed by atoms with van der Waals surface area (Å²) in [6.45, 7) is 0. The van der Waals surface area contributed by atoms with Gasteiger partial charge in [-0.3, -0.25) is 4.55 Å². The van der Waals surface area contributed by atoms with Gasteiger partial charge in [0.2, 0.25) is 0 Å². The van der Waals surface area contributed by atoms with Gasteiger partial charge in [-0.15, -0.1) is 10.2 Å². The second-order valence-corrected chi connectivity index (χ2v) is 11.1. The number of aromatic hydroxyl groups is 1. The van der Waals surface area contributed by atoms with Crippen LogP contribution in [0.2, 0.25) is 0 Å². The number of nitrogens with zero attached hydrogens (tertiary/aromatic N) is 6. The van der Waals surface area contributed by atoms with Crippen molar-refractivity contribution in [2.45, 2.75) is 4.90 Å². The van der Waals surface area contributed by atoms with E-state index < -0.39 is 16.1 Å². The first-order valence-electron chi connectivity index (χ1n) is 13.2. The number of carbonyl (C=O) groups is 1. The Morgan fingerprint density at radius 3 is 1.40 bits per heavy atom. The fourth-order valence-corrected chi connectivity index (χ4v) is 4.49. The van der Waals surface area contributed by atoms with Crippen LogP contribution in [-0.2, 0) is 10.1 Å². The van der Waals surface area contributed by atoms with Crippen molar-refractivity contribution in [1.82, 2.24) is 0 Å². The van der Waals surface area contributed by atoms with Crippen molar-refractivity contribution < 1.29 is 28.0 Å². The zero-order valence-electron chi connectivity index (χ0n) is 25.6. The Bertz CT molecular complexity index is 2130. The number of nitrogen functional groups attached to an aromatic ring is 2. The molecule has 0 aliphatic rings. The molecule has 0 atom stereocenters. The SMILES string of the molecule is Nc1cc(N)c(N=Nc2ccc(S(=O)(=O)O)cc2)cc1N=Nc1ccc(-c2ccc(N=Nc3ccc(O)c(C(=O)O)c3)cc2)cc1.[Na].[Na]. The van der Waals surface area contributed by atoms with Crippen LogP contribution in [0.5, 0.6) is 5.75 Å². The zero-order valence-corrected chi connectivity index (χ0v) is 30.4. The van der Waals surface area contributed by atoms with Crippen molar-refractivity contribution in [2.75, 3.05) is 11.5 Å². The monoisotopic (exact) mass is 682 g/mol. The van der Waals surface area contributed by atoms with Crippen LogP contribution >= 0.6 is 0 Å². The number of rotatable bonds is 9. The predicted molar refractivity (Wildman–Crippen MR) is 183 cm³/mol. The van der Waals surface area contributed by atoms with Gasteiger partial charge in [-0.1, -0.05) is 24.3 Å². The molecule has 0 bridgehead atoms. The van der Waals surface area contributed by atoms with E-state index in [2.05, 4.69) is 30.7 Å². The maximum absolute atomic E-state index is 11.2. The van der Waals surface area contributed by atoms with Gasteiger partial charge >= 0.3 is 5.97 Å². The molecule has 0 aliphatic heterocycles. The van der Waals surface area contributed by atoms with E-state index in [0.717, 1.165) is 11.1 Å². The fraction of sp³-hybridized carbons (Fsp3) is 0. The van der Waals surface area contributed by atoms with Crippen LogP contribution in [-0.4, -0.2) is 88.3 Å². The first-order valence-corrected chi connectivity index (χ1v) is 14.7. The summed E-state index contributed by atoms with van der Waals surface area (Å²) in [7, 11) is -4.32. The first kappa shape index (κ1) is 38.1. The van der Waals surface area contributed by atoms with E-state index in [0.29, 0.717) is 22.7 Å². The number of hydrogen-bond donors (Lipinski definition) is 5. The number of carboxylic acids is 1. The Labute approximate surface area is 318 Å². The predicted octanol–water partition coefficient (Wildman–Crippen LogP) is 7.65. The molecule has 0 unspecified atom stereocenters. The number of azo groups is 3. The minimum absolute atomic E-state index is 0. The van der Waals surface area contributed by atoms with E-state index in [1.165, 1.54) is 54.6 Å². The molecule has 2 radical (unpaired) electrons. The number of phenols is 1. The van der Waals surface area contributed by atoms with Crippen LogP contribution in [0.15, 0.2) is 139 Å². The molecule has 5 aromatic carbocycles. The van der Waals surface area contributed by atoms with Crippen molar-refractivity contribution >= 4 is 121 Å². The first-order chi connectivity index (χ1) is 22.0. The van der Waals surface area contributed by atoms with E-state index in [1.807, 2.05) is 24.3 Å². The summed E-state index contributed by atoms with van der Waals surface area (Å²) in [5.41, 5.74) is 16.5. The Balaban J connectivity index is 0.00000312. The second kappa shape index (κ2) is 16.7. The molecule has 17 heteroatoms. The normalized spacial score (nSPS) is 11.4. The van der Waals surface area contributed by atoms with Crippen molar-refractivity contribution in [3.8, 4) is 16.9 Å². The summed E-state index contributed by atoms with van der Waals surface area (Å²) in [5, 5.41) is 43.6. The van der Waals surface area contributed by atoms with Crippen molar-refractivity contribution in [1.29, 1.82) is 0 Å². The Kier molecular flexibility index (Phi) is 13.2. The van der Waals surface area contributed by atoms with Gasteiger partial charge in [0.15, 0.2) is 0 Å². The molecule has 0 spiro atoms. The molecule has 0 heterocycles. The molecular formula is C31H24N8Na2O6S. The molecule has 0 fully saturated rings. The van der Waals surface area contributed by atoms with E-state index >= 15 is 0 Å². The average molecular weight is 683 g/mol. The third-order valence-corrected chi connectivity index (χ3v) is 7.28. The van der Waals surface area contributed by atoms with Crippen molar-refractivity contribution in [3.05, 3.63) is 109 Å². The number of anilines is 2. The summed E-state index contributed by atoms with van der Waals surface area (Å²) >= 11 is 0. The van der Waals surface area contributed by atoms with E-state index in [4.69, 9.17) is 21.1 Å². The molecular weight excluding hydrogens is 658 g/mol. The minimum Gasteiger partial charge on any atom is -0.507 e. The van der Waals surface area contributed by atoms with Gasteiger partial charge in [0.05, 0.1) is 39.0 Å². The maximum atomic E-state index is 11.2. The Morgan fingerprint density at radius 1 is 0.562 bits per heavy atom. The topological polar surface area (TPSA) is 238 Å². The van der Waals surface area contributed by atoms with Crippen LogP contribution < -0.4 is 11.5 Å². The minimum atomic E-state index is -4.32. The molecule has 5 rings (SSSR count).